The Labute approximate surface area is 226 Å². The molecule has 2 aromatic carbocycles. The first-order chi connectivity index (χ1) is 14.3. The zero-order valence-electron chi connectivity index (χ0n) is 20.8. The summed E-state index contributed by atoms with van der Waals surface area (Å²) >= 11 is 7.39. The molecular weight excluding hydrogens is 744 g/mol. The molecule has 0 aromatic heterocycles. The molecule has 0 nitrogen and oxygen atoms in total. The molecule has 0 heterocycles. The molecule has 0 bridgehead atoms. The van der Waals surface area contributed by atoms with E-state index in [0.717, 1.165) is 6.42 Å². The van der Waals surface area contributed by atoms with Crippen LogP contribution in [0.25, 0.3) is 0 Å². The third-order valence-electron chi connectivity index (χ3n) is 4.44. The summed E-state index contributed by atoms with van der Waals surface area (Å²) in [6.07, 6.45) is 3.89. The van der Waals surface area contributed by atoms with Crippen LogP contribution < -0.4 is 0 Å². The molecular formula is C26H44I3V. The van der Waals surface area contributed by atoms with Gasteiger partial charge in [-0.05, 0) is 60.8 Å². The average molecular weight is 788 g/mol. The summed E-state index contributed by atoms with van der Waals surface area (Å²) in [6.45, 7) is 20.9. The summed E-state index contributed by atoms with van der Waals surface area (Å²) < 4.78 is 0. The second-order valence-electron chi connectivity index (χ2n) is 6.35. The summed E-state index contributed by atoms with van der Waals surface area (Å²) in [5.74, 6) is 0. The summed E-state index contributed by atoms with van der Waals surface area (Å²) in [7, 11) is 0. The van der Waals surface area contributed by atoms with Crippen molar-refractivity contribution in [3.8, 4) is 0 Å². The van der Waals surface area contributed by atoms with Gasteiger partial charge in [-0.1, -0.05) is 104 Å². The molecule has 0 aliphatic heterocycles. The molecule has 1 aliphatic rings. The Morgan fingerprint density at radius 1 is 0.733 bits per heavy atom. The maximum absolute atomic E-state index is 2.46. The molecule has 0 unspecified atom stereocenters. The monoisotopic (exact) mass is 788 g/mol. The van der Waals surface area contributed by atoms with Gasteiger partial charge in [-0.25, -0.2) is 0 Å². The van der Waals surface area contributed by atoms with Crippen molar-refractivity contribution in [3.63, 3.8) is 0 Å². The molecule has 174 valence electrons. The van der Waals surface area contributed by atoms with Crippen LogP contribution in [-0.2, 0) is 16.8 Å². The SMILES string of the molecule is CC.CC.CC.CCc1ccccc1C.Cc1ccccc1C1(C)CC1.[I][V]([I])[I]. The fourth-order valence-electron chi connectivity index (χ4n) is 2.71. The summed E-state index contributed by atoms with van der Waals surface area (Å²) in [5, 5.41) is 0. The van der Waals surface area contributed by atoms with Gasteiger partial charge in [0.2, 0.25) is 0 Å². The van der Waals surface area contributed by atoms with Crippen molar-refractivity contribution in [2.45, 2.75) is 93.9 Å². The van der Waals surface area contributed by atoms with Gasteiger partial charge in [0.1, 0.15) is 0 Å². The fraction of sp³-hybridized carbons (Fsp3) is 0.538. The molecule has 0 radical (unpaired) electrons. The second kappa shape index (κ2) is 23.4. The zero-order chi connectivity index (χ0) is 24.2. The van der Waals surface area contributed by atoms with Gasteiger partial charge in [0.05, 0.1) is 0 Å². The zero-order valence-corrected chi connectivity index (χ0v) is 28.7. The van der Waals surface area contributed by atoms with Crippen LogP contribution in [0.2, 0.25) is 0 Å². The quantitative estimate of drug-likeness (QED) is 0.266. The van der Waals surface area contributed by atoms with E-state index >= 15 is 0 Å². The van der Waals surface area contributed by atoms with E-state index in [4.69, 9.17) is 0 Å². The average Bonchev–Trinajstić information content (AvgIpc) is 3.51. The molecule has 0 atom stereocenters. The van der Waals surface area contributed by atoms with Crippen LogP contribution in [0.3, 0.4) is 0 Å². The summed E-state index contributed by atoms with van der Waals surface area (Å²) in [6, 6.07) is 17.2. The normalized spacial score (nSPS) is 11.9. The van der Waals surface area contributed by atoms with Gasteiger partial charge in [0.15, 0.2) is 0 Å². The number of benzene rings is 2. The van der Waals surface area contributed by atoms with Gasteiger partial charge in [0, 0.05) is 0 Å². The Morgan fingerprint density at radius 2 is 1.10 bits per heavy atom. The molecule has 1 saturated carbocycles. The predicted octanol–water partition coefficient (Wildman–Crippen LogP) is 11.3. The minimum absolute atomic E-state index is 0.278. The van der Waals surface area contributed by atoms with E-state index in [1.165, 1.54) is 29.5 Å². The van der Waals surface area contributed by atoms with Crippen LogP contribution in [0.5, 0.6) is 0 Å². The van der Waals surface area contributed by atoms with E-state index in [1.54, 1.807) is 5.56 Å². The van der Waals surface area contributed by atoms with Crippen LogP contribution in [0, 0.1) is 13.8 Å². The second-order valence-corrected chi connectivity index (χ2v) is 41.7. The number of hydrogen-bond acceptors (Lipinski definition) is 0. The van der Waals surface area contributed by atoms with Gasteiger partial charge >= 0.3 is 64.9 Å². The molecule has 1 aliphatic carbocycles. The molecule has 0 N–H and O–H groups in total. The van der Waals surface area contributed by atoms with Crippen molar-refractivity contribution < 1.29 is 4.92 Å². The standard InChI is InChI=1S/C11H14.C9H12.3C2H6.3HI.V/c1-9-5-3-4-6-10(9)11(2)7-8-11;1-3-9-7-5-4-6-8(9)2;3*1-2;;;;/h3-6H,7-8H2,1-2H3;4-7H,3H2,1-2H3;3*1-2H3;3*1H;/q;;;;;;;;+3/p-3. The van der Waals surface area contributed by atoms with E-state index in [9.17, 15) is 0 Å². The first-order valence-corrected chi connectivity index (χ1v) is 24.7. The molecule has 4 heteroatoms. The number of halogens is 3. The Kier molecular flexibility index (Phi) is 27.9. The van der Waals surface area contributed by atoms with Gasteiger partial charge in [0.25, 0.3) is 0 Å². The van der Waals surface area contributed by atoms with E-state index in [-0.39, 0.29) is 4.92 Å². The van der Waals surface area contributed by atoms with Crippen molar-refractivity contribution in [2.24, 2.45) is 0 Å². The summed E-state index contributed by atoms with van der Waals surface area (Å²) in [5.41, 5.74) is 6.40. The summed E-state index contributed by atoms with van der Waals surface area (Å²) in [4.78, 5) is -0.278. The van der Waals surface area contributed by atoms with E-state index in [0.29, 0.717) is 5.41 Å². The van der Waals surface area contributed by atoms with E-state index in [2.05, 4.69) is 136 Å². The molecule has 0 saturated heterocycles. The van der Waals surface area contributed by atoms with E-state index < -0.39 is 0 Å². The Bertz CT molecular complexity index is 620. The van der Waals surface area contributed by atoms with Crippen LogP contribution in [0.4, 0.5) is 0 Å². The predicted molar refractivity (Wildman–Crippen MR) is 164 cm³/mol. The number of rotatable bonds is 2. The van der Waals surface area contributed by atoms with Crippen molar-refractivity contribution in [1.29, 1.82) is 0 Å². The van der Waals surface area contributed by atoms with Crippen LogP contribution in [0.15, 0.2) is 48.5 Å². The van der Waals surface area contributed by atoms with Crippen molar-refractivity contribution in [1.82, 2.24) is 0 Å². The molecule has 0 spiro atoms. The number of hydrogen-bond donors (Lipinski definition) is 0. The van der Waals surface area contributed by atoms with Gasteiger partial charge < -0.3 is 0 Å². The molecule has 2 aromatic rings. The third kappa shape index (κ3) is 17.7. The third-order valence-corrected chi connectivity index (χ3v) is 4.44. The minimum atomic E-state index is -0.278. The van der Waals surface area contributed by atoms with Crippen molar-refractivity contribution in [2.75, 3.05) is 0 Å². The molecule has 3 rings (SSSR count). The Morgan fingerprint density at radius 3 is 1.40 bits per heavy atom. The first kappa shape index (κ1) is 35.8. The fourth-order valence-corrected chi connectivity index (χ4v) is 2.71. The maximum atomic E-state index is 2.46. The topological polar surface area (TPSA) is 0 Å². The molecule has 1 fully saturated rings. The Balaban J connectivity index is -0.000000346. The first-order valence-electron chi connectivity index (χ1n) is 11.2. The van der Waals surface area contributed by atoms with Crippen LogP contribution >= 0.6 is 59.9 Å². The van der Waals surface area contributed by atoms with Gasteiger partial charge in [-0.3, -0.25) is 0 Å². The molecule has 0 amide bonds. The van der Waals surface area contributed by atoms with E-state index in [1.807, 2.05) is 41.5 Å². The molecule has 30 heavy (non-hydrogen) atoms. The van der Waals surface area contributed by atoms with Crippen LogP contribution in [-0.4, -0.2) is 0 Å². The Hall–Kier alpha value is 1.21. The van der Waals surface area contributed by atoms with Crippen molar-refractivity contribution in [3.05, 3.63) is 70.8 Å². The number of aryl methyl sites for hydroxylation is 3. The van der Waals surface area contributed by atoms with Crippen LogP contribution in [0.1, 0.15) is 90.5 Å². The van der Waals surface area contributed by atoms with Gasteiger partial charge in [-0.2, -0.15) is 0 Å². The van der Waals surface area contributed by atoms with Crippen molar-refractivity contribution >= 4 is 59.9 Å². The van der Waals surface area contributed by atoms with Gasteiger partial charge in [-0.15, -0.1) is 0 Å².